The van der Waals surface area contributed by atoms with Crippen LogP contribution in [0.4, 0.5) is 11.4 Å². The van der Waals surface area contributed by atoms with Gasteiger partial charge in [0.15, 0.2) is 5.60 Å². The maximum absolute atomic E-state index is 12.9. The zero-order chi connectivity index (χ0) is 20.3. The highest BCUT2D eigenvalue weighted by molar-refractivity contribution is 5.97. The topological polar surface area (TPSA) is 50.8 Å². The Morgan fingerprint density at radius 3 is 2.31 bits per heavy atom. The van der Waals surface area contributed by atoms with E-state index < -0.39 is 5.60 Å². The Balaban J connectivity index is 1.84. The number of carbonyl (C=O) groups excluding carboxylic acids is 1. The quantitative estimate of drug-likeness (QED) is 0.649. The molecule has 146 valence electrons. The van der Waals surface area contributed by atoms with Gasteiger partial charge in [0, 0.05) is 61.3 Å². The molecule has 0 radical (unpaired) electrons. The van der Waals surface area contributed by atoms with Crippen molar-refractivity contribution in [2.75, 3.05) is 31.4 Å². The van der Waals surface area contributed by atoms with Crippen LogP contribution in [0, 0.1) is 6.92 Å². The Labute approximate surface area is 169 Å². The molecule has 3 aromatic carbocycles. The minimum atomic E-state index is -1.01. The molecule has 0 aromatic heterocycles. The molecule has 5 rings (SSSR count). The first-order valence-electron chi connectivity index (χ1n) is 9.60. The molecular formula is C24H22N2O3. The number of anilines is 2. The van der Waals surface area contributed by atoms with Gasteiger partial charge in [-0.3, -0.25) is 0 Å². The third kappa shape index (κ3) is 2.37. The number of ether oxygens (including phenoxy) is 2. The second-order valence-electron chi connectivity index (χ2n) is 7.76. The molecule has 2 aliphatic heterocycles. The van der Waals surface area contributed by atoms with Crippen LogP contribution in [0.2, 0.25) is 0 Å². The molecule has 5 heteroatoms. The first-order valence-corrected chi connectivity index (χ1v) is 9.60. The lowest BCUT2D eigenvalue weighted by atomic mass is 9.77. The number of carbonyl (C=O) groups is 1. The number of nitrogens with zero attached hydrogens (tertiary/aromatic N) is 1. The number of esters is 1. The second kappa shape index (κ2) is 6.01. The molecule has 1 unspecified atom stereocenters. The molecular weight excluding hydrogens is 364 g/mol. The minimum Gasteiger partial charge on any atom is -0.456 e. The Kier molecular flexibility index (Phi) is 3.65. The monoisotopic (exact) mass is 386 g/mol. The summed E-state index contributed by atoms with van der Waals surface area (Å²) in [6, 6.07) is 17.8. The van der Waals surface area contributed by atoms with Crippen LogP contribution in [0.25, 0.3) is 0 Å². The number of hydrogen-bond donors (Lipinski definition) is 1. The van der Waals surface area contributed by atoms with Gasteiger partial charge in [-0.25, -0.2) is 4.79 Å². The van der Waals surface area contributed by atoms with Crippen molar-refractivity contribution in [3.8, 4) is 11.5 Å². The third-order valence-corrected chi connectivity index (χ3v) is 5.75. The van der Waals surface area contributed by atoms with Gasteiger partial charge in [-0.15, -0.1) is 0 Å². The number of rotatable bonds is 2. The molecule has 2 aliphatic rings. The molecule has 0 amide bonds. The molecule has 0 saturated heterocycles. The predicted octanol–water partition coefficient (Wildman–Crippen LogP) is 4.67. The van der Waals surface area contributed by atoms with Crippen molar-refractivity contribution in [3.63, 3.8) is 0 Å². The Morgan fingerprint density at radius 2 is 1.59 bits per heavy atom. The highest BCUT2D eigenvalue weighted by Gasteiger charge is 2.53. The second-order valence-corrected chi connectivity index (χ2v) is 7.76. The number of benzene rings is 3. The van der Waals surface area contributed by atoms with Gasteiger partial charge >= 0.3 is 5.97 Å². The van der Waals surface area contributed by atoms with Crippen LogP contribution in [-0.2, 0) is 10.3 Å². The normalized spacial score (nSPS) is 18.4. The van der Waals surface area contributed by atoms with Crippen LogP contribution in [0.1, 0.15) is 32.6 Å². The average molecular weight is 386 g/mol. The minimum absolute atomic E-state index is 0.308. The lowest BCUT2D eigenvalue weighted by molar-refractivity contribution is 0.0224. The number of aryl methyl sites for hydroxylation is 1. The summed E-state index contributed by atoms with van der Waals surface area (Å²) in [5.41, 5.74) is 5.09. The SMILES string of the molecule is CNc1ccc2c(c1)Oc1cc(N(C)C)ccc1C21OC(=O)c2cc(C)ccc21. The highest BCUT2D eigenvalue weighted by atomic mass is 16.6. The summed E-state index contributed by atoms with van der Waals surface area (Å²) in [7, 11) is 5.84. The number of fused-ring (bicyclic) bond motifs is 6. The first-order chi connectivity index (χ1) is 13.9. The Bertz CT molecular complexity index is 1170. The lowest BCUT2D eigenvalue weighted by Gasteiger charge is -2.37. The maximum atomic E-state index is 12.9. The van der Waals surface area contributed by atoms with Crippen molar-refractivity contribution in [3.05, 3.63) is 82.4 Å². The van der Waals surface area contributed by atoms with E-state index in [1.165, 1.54) is 0 Å². The van der Waals surface area contributed by atoms with Crippen LogP contribution >= 0.6 is 0 Å². The van der Waals surface area contributed by atoms with Gasteiger partial charge in [-0.05, 0) is 37.3 Å². The Morgan fingerprint density at radius 1 is 0.897 bits per heavy atom. The fourth-order valence-corrected chi connectivity index (χ4v) is 4.26. The summed E-state index contributed by atoms with van der Waals surface area (Å²) < 4.78 is 12.5. The first kappa shape index (κ1) is 17.6. The summed E-state index contributed by atoms with van der Waals surface area (Å²) in [6.45, 7) is 1.98. The molecule has 0 aliphatic carbocycles. The van der Waals surface area contributed by atoms with Crippen molar-refractivity contribution in [2.24, 2.45) is 0 Å². The van der Waals surface area contributed by atoms with Crippen molar-refractivity contribution < 1.29 is 14.3 Å². The molecule has 1 N–H and O–H groups in total. The van der Waals surface area contributed by atoms with Crippen LogP contribution in [0.5, 0.6) is 11.5 Å². The van der Waals surface area contributed by atoms with Crippen molar-refractivity contribution >= 4 is 17.3 Å². The van der Waals surface area contributed by atoms with Gasteiger partial charge in [0.2, 0.25) is 0 Å². The summed E-state index contributed by atoms with van der Waals surface area (Å²) in [4.78, 5) is 14.9. The number of hydrogen-bond acceptors (Lipinski definition) is 5. The fraction of sp³-hybridized carbons (Fsp3) is 0.208. The van der Waals surface area contributed by atoms with Gasteiger partial charge in [0.25, 0.3) is 0 Å². The zero-order valence-electron chi connectivity index (χ0n) is 16.9. The largest absolute Gasteiger partial charge is 0.456 e. The van der Waals surface area contributed by atoms with Gasteiger partial charge in [-0.1, -0.05) is 17.7 Å². The summed E-state index contributed by atoms with van der Waals surface area (Å²) in [5, 5.41) is 3.15. The van der Waals surface area contributed by atoms with Gasteiger partial charge in [0.1, 0.15) is 11.5 Å². The van der Waals surface area contributed by atoms with E-state index in [1.807, 2.05) is 87.6 Å². The molecule has 5 nitrogen and oxygen atoms in total. The molecule has 1 atom stereocenters. The molecule has 0 bridgehead atoms. The fourth-order valence-electron chi connectivity index (χ4n) is 4.26. The van der Waals surface area contributed by atoms with E-state index in [1.54, 1.807) is 0 Å². The van der Waals surface area contributed by atoms with E-state index in [2.05, 4.69) is 5.32 Å². The molecule has 0 saturated carbocycles. The molecule has 0 fully saturated rings. The van der Waals surface area contributed by atoms with E-state index in [9.17, 15) is 4.79 Å². The molecule has 3 aromatic rings. The predicted molar refractivity (Wildman–Crippen MR) is 113 cm³/mol. The number of nitrogens with one attached hydrogen (secondary N) is 1. The van der Waals surface area contributed by atoms with E-state index in [0.29, 0.717) is 17.1 Å². The Hall–Kier alpha value is -3.47. The highest BCUT2D eigenvalue weighted by Crippen LogP contribution is 2.56. The lowest BCUT2D eigenvalue weighted by Crippen LogP contribution is -2.33. The smallest absolute Gasteiger partial charge is 0.340 e. The van der Waals surface area contributed by atoms with Crippen molar-refractivity contribution in [1.82, 2.24) is 0 Å². The van der Waals surface area contributed by atoms with Crippen molar-refractivity contribution in [2.45, 2.75) is 12.5 Å². The van der Waals surface area contributed by atoms with Crippen LogP contribution < -0.4 is 15.0 Å². The van der Waals surface area contributed by atoms with Crippen LogP contribution in [-0.4, -0.2) is 27.1 Å². The summed E-state index contributed by atoms with van der Waals surface area (Å²) in [5.74, 6) is 1.07. The summed E-state index contributed by atoms with van der Waals surface area (Å²) >= 11 is 0. The van der Waals surface area contributed by atoms with E-state index in [4.69, 9.17) is 9.47 Å². The van der Waals surface area contributed by atoms with Crippen molar-refractivity contribution in [1.29, 1.82) is 0 Å². The van der Waals surface area contributed by atoms with Gasteiger partial charge in [0.05, 0.1) is 5.56 Å². The van der Waals surface area contributed by atoms with Crippen LogP contribution in [0.15, 0.2) is 54.6 Å². The van der Waals surface area contributed by atoms with E-state index in [-0.39, 0.29) is 5.97 Å². The van der Waals surface area contributed by atoms with E-state index in [0.717, 1.165) is 33.6 Å². The maximum Gasteiger partial charge on any atom is 0.340 e. The van der Waals surface area contributed by atoms with Gasteiger partial charge < -0.3 is 19.7 Å². The standard InChI is InChI=1S/C24H22N2O3/c1-14-5-8-18-17(11-14)23(27)29-24(18)19-9-6-15(25-2)12-21(19)28-22-13-16(26(3)4)7-10-20(22)24/h5-13,25H,1-4H3. The molecule has 2 heterocycles. The van der Waals surface area contributed by atoms with Gasteiger partial charge in [-0.2, -0.15) is 0 Å². The zero-order valence-corrected chi connectivity index (χ0v) is 16.9. The molecule has 1 spiro atoms. The van der Waals surface area contributed by atoms with Crippen LogP contribution in [0.3, 0.4) is 0 Å². The summed E-state index contributed by atoms with van der Waals surface area (Å²) in [6.07, 6.45) is 0. The molecule has 29 heavy (non-hydrogen) atoms. The average Bonchev–Trinajstić information content (AvgIpc) is 2.99. The third-order valence-electron chi connectivity index (χ3n) is 5.75. The van der Waals surface area contributed by atoms with E-state index >= 15 is 0 Å².